The quantitative estimate of drug-likeness (QED) is 0.336. The summed E-state index contributed by atoms with van der Waals surface area (Å²) in [6.45, 7) is 1.16. The maximum atomic E-state index is 13.3. The second-order valence-electron chi connectivity index (χ2n) is 8.42. The van der Waals surface area contributed by atoms with E-state index in [1.54, 1.807) is 24.1 Å². The zero-order valence-corrected chi connectivity index (χ0v) is 19.1. The van der Waals surface area contributed by atoms with Crippen LogP contribution in [0, 0.1) is 0 Å². The van der Waals surface area contributed by atoms with Crippen molar-refractivity contribution in [1.29, 1.82) is 0 Å². The lowest BCUT2D eigenvalue weighted by molar-refractivity contribution is -0.140. The van der Waals surface area contributed by atoms with Gasteiger partial charge in [-0.3, -0.25) is 9.59 Å². The molecule has 3 aromatic carbocycles. The molecule has 0 saturated carbocycles. The summed E-state index contributed by atoms with van der Waals surface area (Å²) in [5, 5.41) is 13.2. The number of aliphatic hydroxyl groups is 1. The van der Waals surface area contributed by atoms with Gasteiger partial charge in [-0.05, 0) is 43.9 Å². The standard InChI is InChI=1S/C27H28N2O4/c1-28(2)16-9-17-29-24(21-13-6-7-15-22(21)33-3)23(26(31)27(29)32)25(30)20-14-8-11-18-10-4-5-12-19(18)20/h4-8,10-15,24,30H,9,16-17H2,1-3H3/b25-23+. The number of aliphatic hydroxyl groups excluding tert-OH is 1. The predicted molar refractivity (Wildman–Crippen MR) is 129 cm³/mol. The van der Waals surface area contributed by atoms with Crippen LogP contribution in [0.2, 0.25) is 0 Å². The minimum atomic E-state index is -0.734. The molecule has 1 saturated heterocycles. The average molecular weight is 445 g/mol. The van der Waals surface area contributed by atoms with E-state index in [9.17, 15) is 14.7 Å². The number of carbonyl (C=O) groups is 2. The molecule has 1 N–H and O–H groups in total. The summed E-state index contributed by atoms with van der Waals surface area (Å²) >= 11 is 0. The molecule has 0 bridgehead atoms. The van der Waals surface area contributed by atoms with Crippen molar-refractivity contribution in [1.82, 2.24) is 9.80 Å². The van der Waals surface area contributed by atoms with Crippen molar-refractivity contribution in [3.05, 3.63) is 83.4 Å². The lowest BCUT2D eigenvalue weighted by Crippen LogP contribution is -2.32. The topological polar surface area (TPSA) is 70.1 Å². The Morgan fingerprint density at radius 3 is 2.45 bits per heavy atom. The first-order valence-corrected chi connectivity index (χ1v) is 11.0. The van der Waals surface area contributed by atoms with Crippen LogP contribution < -0.4 is 4.74 Å². The molecular weight excluding hydrogens is 416 g/mol. The van der Waals surface area contributed by atoms with E-state index in [4.69, 9.17) is 4.74 Å². The highest BCUT2D eigenvalue weighted by Gasteiger charge is 2.46. The van der Waals surface area contributed by atoms with Crippen molar-refractivity contribution in [2.24, 2.45) is 0 Å². The number of methoxy groups -OCH3 is 1. The highest BCUT2D eigenvalue weighted by molar-refractivity contribution is 6.46. The van der Waals surface area contributed by atoms with Gasteiger partial charge in [0.2, 0.25) is 0 Å². The Balaban J connectivity index is 1.90. The molecule has 170 valence electrons. The fourth-order valence-electron chi connectivity index (χ4n) is 4.46. The first kappa shape index (κ1) is 22.6. The first-order valence-electron chi connectivity index (χ1n) is 11.0. The molecular formula is C27H28N2O4. The summed E-state index contributed by atoms with van der Waals surface area (Å²) in [6, 6.07) is 19.8. The number of fused-ring (bicyclic) bond motifs is 1. The van der Waals surface area contributed by atoms with Gasteiger partial charge in [0.25, 0.3) is 11.7 Å². The maximum absolute atomic E-state index is 13.3. The Morgan fingerprint density at radius 1 is 1.00 bits per heavy atom. The molecule has 0 aliphatic carbocycles. The van der Waals surface area contributed by atoms with Crippen LogP contribution in [0.4, 0.5) is 0 Å². The second-order valence-corrected chi connectivity index (χ2v) is 8.42. The number of benzene rings is 3. The number of ketones is 1. The first-order chi connectivity index (χ1) is 15.9. The molecule has 0 radical (unpaired) electrons. The summed E-state index contributed by atoms with van der Waals surface area (Å²) in [5.41, 5.74) is 1.29. The van der Waals surface area contributed by atoms with Gasteiger partial charge < -0.3 is 19.6 Å². The molecule has 1 aliphatic heterocycles. The van der Waals surface area contributed by atoms with Crippen molar-refractivity contribution in [2.75, 3.05) is 34.3 Å². The summed E-state index contributed by atoms with van der Waals surface area (Å²) < 4.78 is 5.56. The number of ether oxygens (including phenoxy) is 1. The van der Waals surface area contributed by atoms with Gasteiger partial charge in [-0.1, -0.05) is 60.7 Å². The molecule has 3 aromatic rings. The second kappa shape index (κ2) is 9.46. The van der Waals surface area contributed by atoms with Gasteiger partial charge in [0.15, 0.2) is 0 Å². The molecule has 1 heterocycles. The Bertz CT molecular complexity index is 1230. The normalized spacial score (nSPS) is 17.8. The molecule has 1 amide bonds. The monoisotopic (exact) mass is 444 g/mol. The number of amides is 1. The van der Waals surface area contributed by atoms with Crippen LogP contribution in [0.5, 0.6) is 5.75 Å². The fraction of sp³-hybridized carbons (Fsp3) is 0.259. The minimum absolute atomic E-state index is 0.0886. The Morgan fingerprint density at radius 2 is 1.70 bits per heavy atom. The van der Waals surface area contributed by atoms with E-state index in [1.165, 1.54) is 0 Å². The van der Waals surface area contributed by atoms with Crippen LogP contribution in [0.3, 0.4) is 0 Å². The van der Waals surface area contributed by atoms with E-state index in [1.807, 2.05) is 73.6 Å². The number of hydrogen-bond donors (Lipinski definition) is 1. The molecule has 1 aliphatic rings. The predicted octanol–water partition coefficient (Wildman–Crippen LogP) is 4.22. The summed E-state index contributed by atoms with van der Waals surface area (Å²) in [5.74, 6) is -0.894. The Kier molecular flexibility index (Phi) is 6.47. The molecule has 6 heteroatoms. The Hall–Kier alpha value is -3.64. The summed E-state index contributed by atoms with van der Waals surface area (Å²) in [4.78, 5) is 30.0. The fourth-order valence-corrected chi connectivity index (χ4v) is 4.46. The van der Waals surface area contributed by atoms with Crippen molar-refractivity contribution in [2.45, 2.75) is 12.5 Å². The van der Waals surface area contributed by atoms with Crippen LogP contribution >= 0.6 is 0 Å². The number of likely N-dealkylation sites (tertiary alicyclic amines) is 1. The van der Waals surface area contributed by atoms with Gasteiger partial charge in [0.05, 0.1) is 18.7 Å². The third-order valence-electron chi connectivity index (χ3n) is 6.02. The number of para-hydroxylation sites is 1. The molecule has 4 rings (SSSR count). The van der Waals surface area contributed by atoms with Gasteiger partial charge in [-0.2, -0.15) is 0 Å². The lowest BCUT2D eigenvalue weighted by atomic mass is 9.93. The largest absolute Gasteiger partial charge is 0.507 e. The van der Waals surface area contributed by atoms with Crippen LogP contribution in [-0.4, -0.2) is 60.9 Å². The van der Waals surface area contributed by atoms with E-state index in [-0.39, 0.29) is 11.3 Å². The number of nitrogens with zero attached hydrogens (tertiary/aromatic N) is 2. The van der Waals surface area contributed by atoms with E-state index < -0.39 is 17.7 Å². The third-order valence-corrected chi connectivity index (χ3v) is 6.02. The summed E-state index contributed by atoms with van der Waals surface area (Å²) in [6.07, 6.45) is 0.694. The number of rotatable bonds is 7. The van der Waals surface area contributed by atoms with Crippen molar-refractivity contribution in [3.8, 4) is 5.75 Å². The van der Waals surface area contributed by atoms with Gasteiger partial charge in [0, 0.05) is 17.7 Å². The van der Waals surface area contributed by atoms with E-state index in [2.05, 4.69) is 0 Å². The van der Waals surface area contributed by atoms with Crippen LogP contribution in [0.1, 0.15) is 23.6 Å². The van der Waals surface area contributed by atoms with E-state index in [0.29, 0.717) is 29.8 Å². The molecule has 1 fully saturated rings. The molecule has 0 aromatic heterocycles. The number of Topliss-reactive ketones (excluding diaryl/α,β-unsaturated/α-hetero) is 1. The molecule has 1 atom stereocenters. The SMILES string of the molecule is COc1ccccc1C1/C(=C(\O)c2cccc3ccccc23)C(=O)C(=O)N1CCCN(C)C. The van der Waals surface area contributed by atoms with Crippen molar-refractivity contribution in [3.63, 3.8) is 0 Å². The highest BCUT2D eigenvalue weighted by Crippen LogP contribution is 2.43. The summed E-state index contributed by atoms with van der Waals surface area (Å²) in [7, 11) is 5.49. The van der Waals surface area contributed by atoms with Crippen LogP contribution in [-0.2, 0) is 9.59 Å². The molecule has 33 heavy (non-hydrogen) atoms. The number of carbonyl (C=O) groups excluding carboxylic acids is 2. The lowest BCUT2D eigenvalue weighted by Gasteiger charge is -2.27. The van der Waals surface area contributed by atoms with Crippen molar-refractivity contribution >= 4 is 28.2 Å². The molecule has 6 nitrogen and oxygen atoms in total. The van der Waals surface area contributed by atoms with Gasteiger partial charge in [-0.25, -0.2) is 0 Å². The highest BCUT2D eigenvalue weighted by atomic mass is 16.5. The van der Waals surface area contributed by atoms with Crippen molar-refractivity contribution < 1.29 is 19.4 Å². The van der Waals surface area contributed by atoms with Crippen LogP contribution in [0.25, 0.3) is 16.5 Å². The minimum Gasteiger partial charge on any atom is -0.507 e. The number of hydrogen-bond acceptors (Lipinski definition) is 5. The third kappa shape index (κ3) is 4.22. The average Bonchev–Trinajstić information content (AvgIpc) is 3.08. The zero-order valence-electron chi connectivity index (χ0n) is 19.1. The van der Waals surface area contributed by atoms with E-state index >= 15 is 0 Å². The molecule has 1 unspecified atom stereocenters. The van der Waals surface area contributed by atoms with Gasteiger partial charge >= 0.3 is 0 Å². The van der Waals surface area contributed by atoms with Crippen LogP contribution in [0.15, 0.2) is 72.3 Å². The maximum Gasteiger partial charge on any atom is 0.295 e. The van der Waals surface area contributed by atoms with Gasteiger partial charge in [0.1, 0.15) is 11.5 Å². The molecule has 0 spiro atoms. The smallest absolute Gasteiger partial charge is 0.295 e. The zero-order chi connectivity index (χ0) is 23.5. The van der Waals surface area contributed by atoms with Gasteiger partial charge in [-0.15, -0.1) is 0 Å². The Labute approximate surface area is 193 Å². The van der Waals surface area contributed by atoms with E-state index in [0.717, 1.165) is 17.3 Å².